The normalized spacial score (nSPS) is 13.8. The molecule has 0 atom stereocenters. The molecule has 1 aliphatic rings. The minimum atomic E-state index is -3.66. The van der Waals surface area contributed by atoms with Gasteiger partial charge in [0.15, 0.2) is 0 Å². The molecular weight excluding hydrogens is 388 g/mol. The Morgan fingerprint density at radius 1 is 1.30 bits per heavy atom. The number of hydrogen-bond acceptors (Lipinski definition) is 5. The number of hydrogen-bond donors (Lipinski definition) is 2. The minimum absolute atomic E-state index is 0. The third-order valence-electron chi connectivity index (χ3n) is 4.39. The molecule has 3 aromatic rings. The largest absolute Gasteiger partial charge is 0.309 e. The van der Waals surface area contributed by atoms with Gasteiger partial charge in [0, 0.05) is 25.5 Å². The highest BCUT2D eigenvalue weighted by atomic mass is 35.5. The second kappa shape index (κ2) is 7.81. The van der Waals surface area contributed by atoms with Crippen molar-refractivity contribution >= 4 is 22.4 Å². The van der Waals surface area contributed by atoms with Gasteiger partial charge in [0.25, 0.3) is 0 Å². The van der Waals surface area contributed by atoms with Crippen molar-refractivity contribution in [1.29, 1.82) is 0 Å². The van der Waals surface area contributed by atoms with Crippen molar-refractivity contribution in [3.63, 3.8) is 0 Å². The first-order valence-corrected chi connectivity index (χ1v) is 9.88. The molecule has 0 radical (unpaired) electrons. The number of rotatable bonds is 5. The van der Waals surface area contributed by atoms with Gasteiger partial charge >= 0.3 is 0 Å². The van der Waals surface area contributed by atoms with Crippen LogP contribution in [0.25, 0.3) is 5.69 Å². The highest BCUT2D eigenvalue weighted by molar-refractivity contribution is 7.89. The van der Waals surface area contributed by atoms with Gasteiger partial charge in [-0.15, -0.1) is 12.4 Å². The van der Waals surface area contributed by atoms with E-state index < -0.39 is 10.0 Å². The maximum absolute atomic E-state index is 12.8. The van der Waals surface area contributed by atoms with Crippen LogP contribution in [-0.4, -0.2) is 34.5 Å². The van der Waals surface area contributed by atoms with Crippen LogP contribution < -0.4 is 10.0 Å². The van der Waals surface area contributed by atoms with Crippen LogP contribution in [0.15, 0.2) is 47.6 Å². The molecule has 0 amide bonds. The zero-order valence-electron chi connectivity index (χ0n) is 14.8. The van der Waals surface area contributed by atoms with Gasteiger partial charge in [-0.1, -0.05) is 6.07 Å². The molecule has 0 bridgehead atoms. The quantitative estimate of drug-likeness (QED) is 0.665. The SMILES string of the molecule is Cc1ccc(-n2cccn2)cc1S(=O)(=O)NCc1cc2n(n1)CCNC2.Cl. The van der Waals surface area contributed by atoms with E-state index in [4.69, 9.17) is 0 Å². The topological polar surface area (TPSA) is 93.8 Å². The predicted octanol–water partition coefficient (Wildman–Crippen LogP) is 1.38. The summed E-state index contributed by atoms with van der Waals surface area (Å²) < 4.78 is 31.8. The van der Waals surface area contributed by atoms with E-state index in [1.165, 1.54) is 0 Å². The van der Waals surface area contributed by atoms with E-state index in [2.05, 4.69) is 20.2 Å². The molecule has 2 aromatic heterocycles. The van der Waals surface area contributed by atoms with Crippen LogP contribution in [0.4, 0.5) is 0 Å². The average molecular weight is 409 g/mol. The van der Waals surface area contributed by atoms with Crippen LogP contribution in [0.3, 0.4) is 0 Å². The molecule has 0 aliphatic carbocycles. The maximum Gasteiger partial charge on any atom is 0.241 e. The molecule has 4 rings (SSSR count). The molecule has 8 nitrogen and oxygen atoms in total. The number of halogens is 1. The molecule has 0 unspecified atom stereocenters. The Kier molecular flexibility index (Phi) is 5.66. The van der Waals surface area contributed by atoms with Crippen molar-refractivity contribution in [3.05, 3.63) is 59.7 Å². The fourth-order valence-corrected chi connectivity index (χ4v) is 4.29. The summed E-state index contributed by atoms with van der Waals surface area (Å²) in [6.07, 6.45) is 3.43. The fraction of sp³-hybridized carbons (Fsp3) is 0.294. The van der Waals surface area contributed by atoms with E-state index in [9.17, 15) is 8.42 Å². The minimum Gasteiger partial charge on any atom is -0.309 e. The highest BCUT2D eigenvalue weighted by Gasteiger charge is 2.19. The summed E-state index contributed by atoms with van der Waals surface area (Å²) in [4.78, 5) is 0.246. The van der Waals surface area contributed by atoms with Gasteiger partial charge < -0.3 is 5.32 Å². The van der Waals surface area contributed by atoms with Crippen molar-refractivity contribution in [2.75, 3.05) is 6.54 Å². The van der Waals surface area contributed by atoms with Crippen LogP contribution in [0.1, 0.15) is 17.0 Å². The van der Waals surface area contributed by atoms with Gasteiger partial charge in [0.2, 0.25) is 10.0 Å². The summed E-state index contributed by atoms with van der Waals surface area (Å²) in [6.45, 7) is 4.37. The number of aromatic nitrogens is 4. The van der Waals surface area contributed by atoms with Crippen LogP contribution in [0, 0.1) is 6.92 Å². The highest BCUT2D eigenvalue weighted by Crippen LogP contribution is 2.19. The van der Waals surface area contributed by atoms with Gasteiger partial charge in [0.1, 0.15) is 0 Å². The van der Waals surface area contributed by atoms with Crippen molar-refractivity contribution < 1.29 is 8.42 Å². The summed E-state index contributed by atoms with van der Waals surface area (Å²) in [6, 6.07) is 8.99. The molecule has 1 aliphatic heterocycles. The first-order valence-electron chi connectivity index (χ1n) is 8.39. The molecular formula is C17H21ClN6O2S. The van der Waals surface area contributed by atoms with E-state index >= 15 is 0 Å². The number of nitrogens with one attached hydrogen (secondary N) is 2. The van der Waals surface area contributed by atoms with E-state index in [1.807, 2.05) is 16.8 Å². The Morgan fingerprint density at radius 3 is 2.89 bits per heavy atom. The Bertz CT molecular complexity index is 1010. The Labute approximate surface area is 164 Å². The van der Waals surface area contributed by atoms with Crippen LogP contribution in [0.2, 0.25) is 0 Å². The first-order chi connectivity index (χ1) is 12.5. The molecule has 10 heteroatoms. The van der Waals surface area contributed by atoms with E-state index in [-0.39, 0.29) is 23.8 Å². The lowest BCUT2D eigenvalue weighted by Crippen LogP contribution is -2.28. The lowest BCUT2D eigenvalue weighted by atomic mass is 10.2. The number of aryl methyl sites for hydroxylation is 1. The van der Waals surface area contributed by atoms with Gasteiger partial charge in [0.05, 0.1) is 35.1 Å². The first kappa shape index (κ1) is 19.6. The molecule has 0 fully saturated rings. The molecule has 0 saturated carbocycles. The van der Waals surface area contributed by atoms with Gasteiger partial charge in [-0.3, -0.25) is 4.68 Å². The summed E-state index contributed by atoms with van der Waals surface area (Å²) in [7, 11) is -3.66. The number of benzene rings is 1. The van der Waals surface area contributed by atoms with Gasteiger partial charge in [-0.05, 0) is 36.8 Å². The number of sulfonamides is 1. The second-order valence-electron chi connectivity index (χ2n) is 6.25. The Hall–Kier alpha value is -2.20. The fourth-order valence-electron chi connectivity index (χ4n) is 3.03. The molecule has 1 aromatic carbocycles. The van der Waals surface area contributed by atoms with E-state index in [0.717, 1.165) is 25.3 Å². The summed E-state index contributed by atoms with van der Waals surface area (Å²) in [5, 5.41) is 11.9. The third-order valence-corrected chi connectivity index (χ3v) is 5.94. The number of nitrogens with zero attached hydrogens (tertiary/aromatic N) is 4. The van der Waals surface area contributed by atoms with Crippen molar-refractivity contribution in [3.8, 4) is 5.69 Å². The Morgan fingerprint density at radius 2 is 2.15 bits per heavy atom. The zero-order valence-corrected chi connectivity index (χ0v) is 16.4. The molecule has 2 N–H and O–H groups in total. The monoisotopic (exact) mass is 408 g/mol. The standard InChI is InChI=1S/C17H20N6O2S.ClH/c1-13-3-4-15(22-7-2-5-19-22)10-17(13)26(24,25)20-11-14-9-16-12-18-6-8-23(16)21-14;/h2-5,7,9-10,18,20H,6,8,11-12H2,1H3;1H. The molecule has 3 heterocycles. The van der Waals surface area contributed by atoms with Crippen molar-refractivity contribution in [2.24, 2.45) is 0 Å². The molecule has 27 heavy (non-hydrogen) atoms. The van der Waals surface area contributed by atoms with Crippen molar-refractivity contribution in [1.82, 2.24) is 29.6 Å². The molecule has 0 spiro atoms. The summed E-state index contributed by atoms with van der Waals surface area (Å²) >= 11 is 0. The summed E-state index contributed by atoms with van der Waals surface area (Å²) in [5.41, 5.74) is 3.17. The third kappa shape index (κ3) is 4.06. The van der Waals surface area contributed by atoms with Crippen LogP contribution in [0.5, 0.6) is 0 Å². The lowest BCUT2D eigenvalue weighted by Gasteiger charge is -2.13. The van der Waals surface area contributed by atoms with Gasteiger partial charge in [-0.2, -0.15) is 10.2 Å². The molecule has 0 saturated heterocycles. The van der Waals surface area contributed by atoms with Crippen molar-refractivity contribution in [2.45, 2.75) is 31.5 Å². The lowest BCUT2D eigenvalue weighted by molar-refractivity contribution is 0.473. The number of fused-ring (bicyclic) bond motifs is 1. The average Bonchev–Trinajstić information content (AvgIpc) is 3.29. The zero-order chi connectivity index (χ0) is 18.1. The molecule has 144 valence electrons. The van der Waals surface area contributed by atoms with Crippen LogP contribution >= 0.6 is 12.4 Å². The smallest absolute Gasteiger partial charge is 0.241 e. The predicted molar refractivity (Wildman–Crippen MR) is 104 cm³/mol. The van der Waals surface area contributed by atoms with E-state index in [1.54, 1.807) is 42.2 Å². The van der Waals surface area contributed by atoms with Crippen LogP contribution in [-0.2, 0) is 29.7 Å². The summed E-state index contributed by atoms with van der Waals surface area (Å²) in [5.74, 6) is 0. The second-order valence-corrected chi connectivity index (χ2v) is 7.99. The van der Waals surface area contributed by atoms with E-state index in [0.29, 0.717) is 16.9 Å². The Balaban J connectivity index is 0.00000210. The maximum atomic E-state index is 12.8. The van der Waals surface area contributed by atoms with Gasteiger partial charge in [-0.25, -0.2) is 17.8 Å².